The summed E-state index contributed by atoms with van der Waals surface area (Å²) in [5.41, 5.74) is 3.00. The van der Waals surface area contributed by atoms with Crippen LogP contribution in [-0.4, -0.2) is 25.5 Å². The van der Waals surface area contributed by atoms with Crippen LogP contribution in [0.3, 0.4) is 0 Å². The second kappa shape index (κ2) is 8.65. The van der Waals surface area contributed by atoms with Crippen LogP contribution in [0.15, 0.2) is 42.5 Å². The predicted octanol–water partition coefficient (Wildman–Crippen LogP) is 2.70. The fourth-order valence-corrected chi connectivity index (χ4v) is 2.51. The van der Waals surface area contributed by atoms with E-state index < -0.39 is 5.97 Å². The van der Waals surface area contributed by atoms with Gasteiger partial charge >= 0.3 is 5.97 Å². The number of carbonyl (C=O) groups is 2. The Hall–Kier alpha value is -2.37. The summed E-state index contributed by atoms with van der Waals surface area (Å²) in [6.45, 7) is 4.17. The Bertz CT molecular complexity index is 760. The Morgan fingerprint density at radius 3 is 2.52 bits per heavy atom. The Morgan fingerprint density at radius 2 is 1.88 bits per heavy atom. The molecular weight excluding hydrogens is 340 g/mol. The number of amides is 1. The molecule has 0 unspecified atom stereocenters. The Labute approximate surface area is 152 Å². The molecule has 0 aliphatic heterocycles. The standard InChI is InChI=1S/C19H21ClN2O3/c1-12-4-5-15(19(24)25-3)10-17(12)22-18(23)11-21-13(2)14-6-8-16(20)9-7-14/h4-10,13,21H,11H2,1-3H3,(H,22,23)/p+1/t13-/m0/s1. The average Bonchev–Trinajstić information content (AvgIpc) is 2.61. The van der Waals surface area contributed by atoms with E-state index >= 15 is 0 Å². The van der Waals surface area contributed by atoms with Gasteiger partial charge in [-0.3, -0.25) is 4.79 Å². The van der Waals surface area contributed by atoms with Crippen LogP contribution in [0.5, 0.6) is 0 Å². The van der Waals surface area contributed by atoms with Gasteiger partial charge in [0.2, 0.25) is 0 Å². The number of aryl methyl sites for hydroxylation is 1. The van der Waals surface area contributed by atoms with Crippen molar-refractivity contribution in [1.82, 2.24) is 0 Å². The van der Waals surface area contributed by atoms with Crippen molar-refractivity contribution in [2.75, 3.05) is 19.0 Å². The van der Waals surface area contributed by atoms with Crippen LogP contribution in [-0.2, 0) is 9.53 Å². The monoisotopic (exact) mass is 361 g/mol. The number of hydrogen-bond acceptors (Lipinski definition) is 3. The highest BCUT2D eigenvalue weighted by atomic mass is 35.5. The Kier molecular flexibility index (Phi) is 6.56. The van der Waals surface area contributed by atoms with E-state index in [1.54, 1.807) is 18.2 Å². The number of halogens is 1. The summed E-state index contributed by atoms with van der Waals surface area (Å²) in [5, 5.41) is 5.48. The quantitative estimate of drug-likeness (QED) is 0.777. The normalized spacial score (nSPS) is 11.7. The highest BCUT2D eigenvalue weighted by Gasteiger charge is 2.14. The molecule has 0 fully saturated rings. The highest BCUT2D eigenvalue weighted by molar-refractivity contribution is 6.30. The lowest BCUT2D eigenvalue weighted by Gasteiger charge is -2.13. The van der Waals surface area contributed by atoms with Gasteiger partial charge in [0.15, 0.2) is 6.54 Å². The summed E-state index contributed by atoms with van der Waals surface area (Å²) in [6, 6.07) is 12.8. The molecule has 2 aromatic rings. The lowest BCUT2D eigenvalue weighted by atomic mass is 10.1. The zero-order valence-corrected chi connectivity index (χ0v) is 15.3. The summed E-state index contributed by atoms with van der Waals surface area (Å²) >= 11 is 5.89. The van der Waals surface area contributed by atoms with Crippen molar-refractivity contribution in [1.29, 1.82) is 0 Å². The molecule has 0 aromatic heterocycles. The van der Waals surface area contributed by atoms with E-state index in [-0.39, 0.29) is 18.5 Å². The molecule has 132 valence electrons. The molecule has 0 radical (unpaired) electrons. The first-order valence-corrected chi connectivity index (χ1v) is 8.36. The summed E-state index contributed by atoms with van der Waals surface area (Å²) < 4.78 is 4.71. The summed E-state index contributed by atoms with van der Waals surface area (Å²) in [6.07, 6.45) is 0. The van der Waals surface area contributed by atoms with Gasteiger partial charge in [0, 0.05) is 16.3 Å². The van der Waals surface area contributed by atoms with Crippen LogP contribution >= 0.6 is 11.6 Å². The molecule has 5 nitrogen and oxygen atoms in total. The number of benzene rings is 2. The maximum atomic E-state index is 12.2. The third kappa shape index (κ3) is 5.31. The van der Waals surface area contributed by atoms with Crippen molar-refractivity contribution >= 4 is 29.2 Å². The lowest BCUT2D eigenvalue weighted by Crippen LogP contribution is -2.86. The van der Waals surface area contributed by atoms with E-state index in [0.29, 0.717) is 16.3 Å². The van der Waals surface area contributed by atoms with Crippen molar-refractivity contribution < 1.29 is 19.6 Å². The van der Waals surface area contributed by atoms with Gasteiger partial charge in [-0.05, 0) is 43.7 Å². The molecular formula is C19H22ClN2O3+. The van der Waals surface area contributed by atoms with E-state index in [1.165, 1.54) is 7.11 Å². The maximum Gasteiger partial charge on any atom is 0.337 e. The van der Waals surface area contributed by atoms with Gasteiger partial charge in [-0.1, -0.05) is 29.8 Å². The van der Waals surface area contributed by atoms with Crippen LogP contribution in [0.2, 0.25) is 5.02 Å². The molecule has 2 aromatic carbocycles. The minimum absolute atomic E-state index is 0.130. The van der Waals surface area contributed by atoms with Crippen molar-refractivity contribution in [2.24, 2.45) is 0 Å². The van der Waals surface area contributed by atoms with Crippen LogP contribution in [0, 0.1) is 6.92 Å². The molecule has 3 N–H and O–H groups in total. The number of rotatable bonds is 6. The largest absolute Gasteiger partial charge is 0.465 e. The first-order valence-electron chi connectivity index (χ1n) is 7.98. The third-order valence-electron chi connectivity index (χ3n) is 3.99. The van der Waals surface area contributed by atoms with Crippen molar-refractivity contribution in [3.05, 3.63) is 64.2 Å². The number of nitrogens with two attached hydrogens (primary N) is 1. The number of methoxy groups -OCH3 is 1. The van der Waals surface area contributed by atoms with Crippen LogP contribution < -0.4 is 10.6 Å². The van der Waals surface area contributed by atoms with E-state index in [4.69, 9.17) is 16.3 Å². The van der Waals surface area contributed by atoms with E-state index in [1.807, 2.05) is 43.4 Å². The van der Waals surface area contributed by atoms with E-state index in [2.05, 4.69) is 5.32 Å². The van der Waals surface area contributed by atoms with Gasteiger partial charge in [0.1, 0.15) is 6.04 Å². The smallest absolute Gasteiger partial charge is 0.337 e. The van der Waals surface area contributed by atoms with Crippen molar-refractivity contribution in [3.8, 4) is 0 Å². The number of anilines is 1. The number of nitrogens with one attached hydrogen (secondary N) is 1. The first kappa shape index (κ1) is 19.0. The molecule has 1 amide bonds. The molecule has 0 heterocycles. The zero-order valence-electron chi connectivity index (χ0n) is 14.5. The Morgan fingerprint density at radius 1 is 1.20 bits per heavy atom. The summed E-state index contributed by atoms with van der Waals surface area (Å²) in [7, 11) is 1.33. The molecule has 0 spiro atoms. The van der Waals surface area contributed by atoms with Crippen LogP contribution in [0.4, 0.5) is 5.69 Å². The second-order valence-electron chi connectivity index (χ2n) is 5.85. The van der Waals surface area contributed by atoms with Gasteiger partial charge in [0.05, 0.1) is 12.7 Å². The summed E-state index contributed by atoms with van der Waals surface area (Å²) in [4.78, 5) is 23.8. The minimum atomic E-state index is -0.432. The zero-order chi connectivity index (χ0) is 18.4. The minimum Gasteiger partial charge on any atom is -0.465 e. The molecule has 0 saturated heterocycles. The third-order valence-corrected chi connectivity index (χ3v) is 4.24. The second-order valence-corrected chi connectivity index (χ2v) is 6.29. The van der Waals surface area contributed by atoms with Gasteiger partial charge in [0.25, 0.3) is 5.91 Å². The number of carbonyl (C=O) groups excluding carboxylic acids is 2. The van der Waals surface area contributed by atoms with E-state index in [0.717, 1.165) is 11.1 Å². The molecule has 6 heteroatoms. The van der Waals surface area contributed by atoms with Crippen molar-refractivity contribution in [2.45, 2.75) is 19.9 Å². The van der Waals surface area contributed by atoms with Gasteiger partial charge < -0.3 is 15.4 Å². The maximum absolute atomic E-state index is 12.2. The number of quaternary nitrogens is 1. The molecule has 1 atom stereocenters. The average molecular weight is 362 g/mol. The molecule has 0 bridgehead atoms. The lowest BCUT2D eigenvalue weighted by molar-refractivity contribution is -0.682. The SMILES string of the molecule is COC(=O)c1ccc(C)c(NC(=O)C[NH2+][C@@H](C)c2ccc(Cl)cc2)c1. The molecule has 2 rings (SSSR count). The van der Waals surface area contributed by atoms with E-state index in [9.17, 15) is 9.59 Å². The van der Waals surface area contributed by atoms with Crippen LogP contribution in [0.1, 0.15) is 34.5 Å². The fourth-order valence-electron chi connectivity index (χ4n) is 2.39. The number of hydrogen-bond donors (Lipinski definition) is 2. The van der Waals surface area contributed by atoms with Gasteiger partial charge in [-0.2, -0.15) is 0 Å². The van der Waals surface area contributed by atoms with Gasteiger partial charge in [-0.25, -0.2) is 4.79 Å². The molecule has 25 heavy (non-hydrogen) atoms. The highest BCUT2D eigenvalue weighted by Crippen LogP contribution is 2.17. The molecule has 0 saturated carbocycles. The van der Waals surface area contributed by atoms with Crippen molar-refractivity contribution in [3.63, 3.8) is 0 Å². The first-order chi connectivity index (χ1) is 11.9. The van der Waals surface area contributed by atoms with Crippen LogP contribution in [0.25, 0.3) is 0 Å². The molecule has 0 aliphatic carbocycles. The fraction of sp³-hybridized carbons (Fsp3) is 0.263. The molecule has 0 aliphatic rings. The van der Waals surface area contributed by atoms with Gasteiger partial charge in [-0.15, -0.1) is 0 Å². The number of esters is 1. The number of ether oxygens (including phenoxy) is 1. The summed E-state index contributed by atoms with van der Waals surface area (Å²) in [5.74, 6) is -0.565. The topological polar surface area (TPSA) is 72.0 Å². The predicted molar refractivity (Wildman–Crippen MR) is 97.8 cm³/mol. The Balaban J connectivity index is 1.96.